The third-order valence-corrected chi connectivity index (χ3v) is 6.98. The Morgan fingerprint density at radius 2 is 1.82 bits per heavy atom. The molecule has 4 aromatic rings. The first kappa shape index (κ1) is 23.9. The van der Waals surface area contributed by atoms with E-state index in [4.69, 9.17) is 11.6 Å². The Balaban J connectivity index is 1.72. The van der Waals surface area contributed by atoms with Crippen LogP contribution in [-0.2, 0) is 30.9 Å². The molecule has 0 aliphatic rings. The molecule has 0 spiro atoms. The van der Waals surface area contributed by atoms with Gasteiger partial charge >= 0.3 is 0 Å². The highest BCUT2D eigenvalue weighted by Crippen LogP contribution is 2.32. The van der Waals surface area contributed by atoms with Crippen LogP contribution in [0.25, 0.3) is 22.5 Å². The molecule has 0 saturated heterocycles. The van der Waals surface area contributed by atoms with Crippen LogP contribution in [0.3, 0.4) is 0 Å². The Labute approximate surface area is 213 Å². The maximum absolute atomic E-state index is 6.50. The van der Waals surface area contributed by atoms with Gasteiger partial charge in [0.1, 0.15) is 5.82 Å². The number of hydrogen-bond acceptors (Lipinski definition) is 4. The largest absolute Gasteiger partial charge is 0.326 e. The predicted octanol–water partition coefficient (Wildman–Crippen LogP) is 6.28. The lowest BCUT2D eigenvalue weighted by molar-refractivity contribution is 0.630. The quantitative estimate of drug-likeness (QED) is 0.174. The van der Waals surface area contributed by atoms with Gasteiger partial charge in [-0.3, -0.25) is 0 Å². The molecule has 0 aliphatic carbocycles. The molecule has 0 unspecified atom stereocenters. The first-order valence-corrected chi connectivity index (χ1v) is 13.2. The summed E-state index contributed by atoms with van der Waals surface area (Å²) >= 11 is 8.95. The van der Waals surface area contributed by atoms with Gasteiger partial charge in [0.2, 0.25) is 5.82 Å². The SMILES string of the molecule is CCCCc1nc(Cl)c(CC)n1Cc1ccc(-c2ccccc2-c2nnn(C)n2)cc1CI. The molecule has 6 nitrogen and oxygen atoms in total. The van der Waals surface area contributed by atoms with Crippen molar-refractivity contribution in [1.82, 2.24) is 29.8 Å². The van der Waals surface area contributed by atoms with Gasteiger partial charge in [-0.25, -0.2) is 4.98 Å². The van der Waals surface area contributed by atoms with Crippen LogP contribution in [0.15, 0.2) is 42.5 Å². The normalized spacial score (nSPS) is 11.3. The lowest BCUT2D eigenvalue weighted by Gasteiger charge is -2.16. The summed E-state index contributed by atoms with van der Waals surface area (Å²) in [5, 5.41) is 13.3. The Hall–Kier alpha value is -2.26. The minimum Gasteiger partial charge on any atom is -0.326 e. The molecule has 0 aliphatic heterocycles. The van der Waals surface area contributed by atoms with Crippen molar-refractivity contribution in [3.63, 3.8) is 0 Å². The second-order valence-electron chi connectivity index (χ2n) is 8.07. The lowest BCUT2D eigenvalue weighted by Crippen LogP contribution is -2.10. The van der Waals surface area contributed by atoms with Gasteiger partial charge in [-0.1, -0.05) is 96.9 Å². The van der Waals surface area contributed by atoms with Crippen molar-refractivity contribution in [3.8, 4) is 22.5 Å². The van der Waals surface area contributed by atoms with Crippen LogP contribution in [-0.4, -0.2) is 29.8 Å². The first-order valence-electron chi connectivity index (χ1n) is 11.3. The van der Waals surface area contributed by atoms with Crippen molar-refractivity contribution in [2.75, 3.05) is 0 Å². The second kappa shape index (κ2) is 10.8. The van der Waals surface area contributed by atoms with E-state index < -0.39 is 0 Å². The molecule has 2 heterocycles. The van der Waals surface area contributed by atoms with Crippen molar-refractivity contribution < 1.29 is 0 Å². The maximum Gasteiger partial charge on any atom is 0.205 e. The number of benzene rings is 2. The molecule has 33 heavy (non-hydrogen) atoms. The number of aryl methyl sites for hydroxylation is 2. The molecule has 0 fully saturated rings. The van der Waals surface area contributed by atoms with E-state index >= 15 is 0 Å². The molecular formula is C25H28ClIN6. The Bertz CT molecular complexity index is 1250. The summed E-state index contributed by atoms with van der Waals surface area (Å²) in [6.45, 7) is 5.13. The zero-order valence-electron chi connectivity index (χ0n) is 19.2. The summed E-state index contributed by atoms with van der Waals surface area (Å²) in [6.07, 6.45) is 4.07. The fraction of sp³-hybridized carbons (Fsp3) is 0.360. The number of unbranched alkanes of at least 4 members (excludes halogenated alkanes) is 1. The Morgan fingerprint density at radius 3 is 2.48 bits per heavy atom. The van der Waals surface area contributed by atoms with Crippen LogP contribution in [0.5, 0.6) is 0 Å². The van der Waals surface area contributed by atoms with Gasteiger partial charge in [0.15, 0.2) is 5.15 Å². The number of imidazole rings is 1. The average molecular weight is 575 g/mol. The van der Waals surface area contributed by atoms with Crippen LogP contribution in [0.2, 0.25) is 5.15 Å². The average Bonchev–Trinajstić information content (AvgIpc) is 3.40. The molecule has 172 valence electrons. The number of rotatable bonds is 9. The van der Waals surface area contributed by atoms with Crippen molar-refractivity contribution in [3.05, 3.63) is 70.3 Å². The molecule has 0 radical (unpaired) electrons. The summed E-state index contributed by atoms with van der Waals surface area (Å²) in [7, 11) is 1.78. The fourth-order valence-electron chi connectivity index (χ4n) is 4.12. The number of alkyl halides is 1. The standard InChI is InChI=1S/C25H28ClIN6/c1-4-6-11-23-28-24(26)22(5-2)33(23)16-18-13-12-17(14-19(18)15-27)20-9-7-8-10-21(20)25-29-31-32(3)30-25/h7-10,12-14H,4-6,11,15-16H2,1-3H3. The van der Waals surface area contributed by atoms with Crippen LogP contribution in [0.1, 0.15) is 49.3 Å². The van der Waals surface area contributed by atoms with Gasteiger partial charge in [-0.2, -0.15) is 4.80 Å². The third-order valence-electron chi connectivity index (χ3n) is 5.86. The highest BCUT2D eigenvalue weighted by atomic mass is 127. The van der Waals surface area contributed by atoms with Crippen molar-refractivity contribution in [1.29, 1.82) is 0 Å². The first-order chi connectivity index (χ1) is 16.0. The molecule has 4 rings (SSSR count). The zero-order valence-corrected chi connectivity index (χ0v) is 22.1. The smallest absolute Gasteiger partial charge is 0.205 e. The number of aromatic nitrogens is 6. The van der Waals surface area contributed by atoms with E-state index in [0.717, 1.165) is 64.9 Å². The van der Waals surface area contributed by atoms with Crippen LogP contribution in [0.4, 0.5) is 0 Å². The van der Waals surface area contributed by atoms with E-state index in [2.05, 4.69) is 85.7 Å². The van der Waals surface area contributed by atoms with E-state index in [-0.39, 0.29) is 0 Å². The number of nitrogens with zero attached hydrogens (tertiary/aromatic N) is 6. The third kappa shape index (κ3) is 5.14. The summed E-state index contributed by atoms with van der Waals surface area (Å²) in [5.41, 5.74) is 6.96. The summed E-state index contributed by atoms with van der Waals surface area (Å²) in [4.78, 5) is 6.18. The van der Waals surface area contributed by atoms with Crippen LogP contribution < -0.4 is 0 Å². The predicted molar refractivity (Wildman–Crippen MR) is 142 cm³/mol. The summed E-state index contributed by atoms with van der Waals surface area (Å²) in [6, 6.07) is 14.9. The molecule has 2 aromatic carbocycles. The molecule has 0 atom stereocenters. The number of halogens is 2. The van der Waals surface area contributed by atoms with Crippen LogP contribution in [0, 0.1) is 0 Å². The molecule has 0 saturated carbocycles. The second-order valence-corrected chi connectivity index (χ2v) is 9.19. The van der Waals surface area contributed by atoms with Gasteiger partial charge < -0.3 is 4.57 Å². The van der Waals surface area contributed by atoms with E-state index in [0.29, 0.717) is 11.0 Å². The number of tetrazole rings is 1. The lowest BCUT2D eigenvalue weighted by atomic mass is 9.96. The zero-order chi connectivity index (χ0) is 23.4. The van der Waals surface area contributed by atoms with Gasteiger partial charge in [-0.05, 0) is 40.3 Å². The molecule has 8 heteroatoms. The van der Waals surface area contributed by atoms with Gasteiger partial charge in [-0.15, -0.1) is 10.2 Å². The molecular weight excluding hydrogens is 547 g/mol. The Kier molecular flexibility index (Phi) is 7.80. The summed E-state index contributed by atoms with van der Waals surface area (Å²) < 4.78 is 3.24. The molecule has 2 aromatic heterocycles. The minimum absolute atomic E-state index is 0.634. The van der Waals surface area contributed by atoms with E-state index in [1.165, 1.54) is 15.9 Å². The topological polar surface area (TPSA) is 61.4 Å². The fourth-order valence-corrected chi connectivity index (χ4v) is 5.16. The van der Waals surface area contributed by atoms with Gasteiger partial charge in [0.25, 0.3) is 0 Å². The van der Waals surface area contributed by atoms with E-state index in [1.807, 2.05) is 18.2 Å². The van der Waals surface area contributed by atoms with Gasteiger partial charge in [0.05, 0.1) is 12.7 Å². The highest BCUT2D eigenvalue weighted by Gasteiger charge is 2.17. The van der Waals surface area contributed by atoms with Crippen molar-refractivity contribution in [2.45, 2.75) is 50.5 Å². The monoisotopic (exact) mass is 574 g/mol. The van der Waals surface area contributed by atoms with Crippen LogP contribution >= 0.6 is 34.2 Å². The molecule has 0 amide bonds. The number of hydrogen-bond donors (Lipinski definition) is 0. The van der Waals surface area contributed by atoms with Crippen molar-refractivity contribution >= 4 is 34.2 Å². The van der Waals surface area contributed by atoms with Crippen molar-refractivity contribution in [2.24, 2.45) is 7.05 Å². The van der Waals surface area contributed by atoms with E-state index in [1.54, 1.807) is 7.05 Å². The minimum atomic E-state index is 0.634. The molecule has 0 N–H and O–H groups in total. The maximum atomic E-state index is 6.50. The Morgan fingerprint density at radius 1 is 1.03 bits per heavy atom. The van der Waals surface area contributed by atoms with Gasteiger partial charge in [0, 0.05) is 23.0 Å². The summed E-state index contributed by atoms with van der Waals surface area (Å²) in [5.74, 6) is 1.72. The highest BCUT2D eigenvalue weighted by molar-refractivity contribution is 14.1. The van der Waals surface area contributed by atoms with E-state index in [9.17, 15) is 0 Å². The molecule has 0 bridgehead atoms.